The van der Waals surface area contributed by atoms with Crippen LogP contribution in [0.4, 0.5) is 10.5 Å². The Bertz CT molecular complexity index is 471. The van der Waals surface area contributed by atoms with Crippen molar-refractivity contribution < 1.29 is 4.79 Å². The van der Waals surface area contributed by atoms with Crippen LogP contribution in [-0.4, -0.2) is 12.0 Å². The summed E-state index contributed by atoms with van der Waals surface area (Å²) in [5.41, 5.74) is 8.14. The lowest BCUT2D eigenvalue weighted by Gasteiger charge is -2.10. The first-order valence-corrected chi connectivity index (χ1v) is 7.04. The molecule has 110 valence electrons. The van der Waals surface area contributed by atoms with Gasteiger partial charge in [0.1, 0.15) is 0 Å². The molecule has 5 nitrogen and oxygen atoms in total. The summed E-state index contributed by atoms with van der Waals surface area (Å²) in [7, 11) is 0. The largest absolute Gasteiger partial charge is 0.370 e. The average molecular weight is 276 g/mol. The fourth-order valence-electron chi connectivity index (χ4n) is 2.05. The lowest BCUT2D eigenvalue weighted by atomic mass is 10.0. The van der Waals surface area contributed by atoms with Gasteiger partial charge in [-0.05, 0) is 37.0 Å². The average Bonchev–Trinajstić information content (AvgIpc) is 2.37. The molecule has 0 unspecified atom stereocenters. The van der Waals surface area contributed by atoms with E-state index in [4.69, 9.17) is 11.1 Å². The van der Waals surface area contributed by atoms with Gasteiger partial charge in [0, 0.05) is 5.69 Å². The molecule has 0 aromatic heterocycles. The fourth-order valence-corrected chi connectivity index (χ4v) is 2.05. The van der Waals surface area contributed by atoms with E-state index >= 15 is 0 Å². The molecule has 0 saturated carbocycles. The zero-order chi connectivity index (χ0) is 15.0. The van der Waals surface area contributed by atoms with Gasteiger partial charge in [0.05, 0.1) is 0 Å². The number of hydrogen-bond donors (Lipinski definition) is 4. The normalized spacial score (nSPS) is 10.1. The number of amides is 2. The molecule has 0 aliphatic rings. The number of rotatable bonds is 6. The van der Waals surface area contributed by atoms with Crippen molar-refractivity contribution in [3.8, 4) is 0 Å². The van der Waals surface area contributed by atoms with Gasteiger partial charge in [0.15, 0.2) is 5.96 Å². The molecule has 20 heavy (non-hydrogen) atoms. The van der Waals surface area contributed by atoms with Crippen LogP contribution in [0, 0.1) is 12.3 Å². The number of carbonyl (C=O) groups is 1. The quantitative estimate of drug-likeness (QED) is 0.365. The topological polar surface area (TPSA) is 91.0 Å². The van der Waals surface area contributed by atoms with Crippen LogP contribution in [0.3, 0.4) is 0 Å². The first-order valence-electron chi connectivity index (χ1n) is 7.04. The van der Waals surface area contributed by atoms with E-state index in [1.165, 1.54) is 31.2 Å². The number of urea groups is 1. The Labute approximate surface area is 120 Å². The van der Waals surface area contributed by atoms with E-state index in [1.54, 1.807) is 0 Å². The summed E-state index contributed by atoms with van der Waals surface area (Å²) in [5.74, 6) is -0.368. The van der Waals surface area contributed by atoms with Crippen LogP contribution < -0.4 is 16.4 Å². The molecule has 0 aliphatic heterocycles. The molecule has 1 rings (SSSR count). The molecule has 1 aromatic carbocycles. The van der Waals surface area contributed by atoms with E-state index in [2.05, 4.69) is 23.6 Å². The number of aryl methyl sites for hydroxylation is 2. The third-order valence-electron chi connectivity index (χ3n) is 3.11. The van der Waals surface area contributed by atoms with E-state index in [0.717, 1.165) is 17.7 Å². The smallest absolute Gasteiger partial charge is 0.325 e. The molecule has 0 bridgehead atoms. The Morgan fingerprint density at radius 2 is 2.05 bits per heavy atom. The number of nitrogens with one attached hydrogen (secondary N) is 3. The standard InChI is InChI=1S/C15H24N4O/c1-3-4-5-6-7-12-8-9-13(11(2)10-12)18-15(20)19-14(16)17/h8-10H,3-7H2,1-2H3,(H5,16,17,18,19,20). The molecule has 5 N–H and O–H groups in total. The highest BCUT2D eigenvalue weighted by Crippen LogP contribution is 2.18. The predicted molar refractivity (Wildman–Crippen MR) is 83.1 cm³/mol. The molecule has 0 spiro atoms. The highest BCUT2D eigenvalue weighted by Gasteiger charge is 2.05. The summed E-state index contributed by atoms with van der Waals surface area (Å²) < 4.78 is 0. The van der Waals surface area contributed by atoms with Crippen LogP contribution in [0.15, 0.2) is 18.2 Å². The lowest BCUT2D eigenvalue weighted by molar-refractivity contribution is 0.256. The maximum absolute atomic E-state index is 11.5. The summed E-state index contributed by atoms with van der Waals surface area (Å²) in [6.07, 6.45) is 6.05. The van der Waals surface area contributed by atoms with Crippen molar-refractivity contribution in [3.63, 3.8) is 0 Å². The zero-order valence-electron chi connectivity index (χ0n) is 12.3. The van der Waals surface area contributed by atoms with Crippen molar-refractivity contribution >= 4 is 17.7 Å². The number of anilines is 1. The van der Waals surface area contributed by atoms with Gasteiger partial charge in [0.2, 0.25) is 0 Å². The Morgan fingerprint density at radius 1 is 1.30 bits per heavy atom. The minimum Gasteiger partial charge on any atom is -0.370 e. The Kier molecular flexibility index (Phi) is 6.56. The second-order valence-corrected chi connectivity index (χ2v) is 4.95. The molecule has 0 saturated heterocycles. The molecule has 0 fully saturated rings. The maximum atomic E-state index is 11.5. The summed E-state index contributed by atoms with van der Waals surface area (Å²) in [6, 6.07) is 5.53. The van der Waals surface area contributed by atoms with Gasteiger partial charge < -0.3 is 11.1 Å². The summed E-state index contributed by atoms with van der Waals surface area (Å²) >= 11 is 0. The van der Waals surface area contributed by atoms with E-state index in [-0.39, 0.29) is 5.96 Å². The van der Waals surface area contributed by atoms with Crippen molar-refractivity contribution in [1.82, 2.24) is 5.32 Å². The van der Waals surface area contributed by atoms with Crippen LogP contribution >= 0.6 is 0 Å². The third kappa shape index (κ3) is 5.73. The molecule has 2 amide bonds. The molecule has 0 heterocycles. The summed E-state index contributed by atoms with van der Waals surface area (Å²) in [6.45, 7) is 4.16. The second kappa shape index (κ2) is 8.19. The molecule has 0 aliphatic carbocycles. The highest BCUT2D eigenvalue weighted by atomic mass is 16.2. The molecular formula is C15H24N4O. The van der Waals surface area contributed by atoms with Crippen molar-refractivity contribution in [1.29, 1.82) is 5.41 Å². The second-order valence-electron chi connectivity index (χ2n) is 4.95. The van der Waals surface area contributed by atoms with Gasteiger partial charge in [-0.3, -0.25) is 10.7 Å². The van der Waals surface area contributed by atoms with Crippen molar-refractivity contribution in [2.24, 2.45) is 5.73 Å². The summed E-state index contributed by atoms with van der Waals surface area (Å²) in [5, 5.41) is 11.9. The predicted octanol–water partition coefficient (Wildman–Crippen LogP) is 3.13. The Balaban J connectivity index is 2.54. The van der Waals surface area contributed by atoms with Crippen molar-refractivity contribution in [2.45, 2.75) is 46.0 Å². The molecule has 0 atom stereocenters. The summed E-state index contributed by atoms with van der Waals surface area (Å²) in [4.78, 5) is 11.5. The molecule has 5 heteroatoms. The van der Waals surface area contributed by atoms with Crippen LogP contribution in [-0.2, 0) is 6.42 Å². The molecule has 1 aromatic rings. The molecule has 0 radical (unpaired) electrons. The van der Waals surface area contributed by atoms with Gasteiger partial charge in [-0.25, -0.2) is 4.79 Å². The van der Waals surface area contributed by atoms with Crippen LogP contribution in [0.2, 0.25) is 0 Å². The Morgan fingerprint density at radius 3 is 2.65 bits per heavy atom. The fraction of sp³-hybridized carbons (Fsp3) is 0.467. The Hall–Kier alpha value is -2.04. The number of carbonyl (C=O) groups excluding carboxylic acids is 1. The van der Waals surface area contributed by atoms with Gasteiger partial charge in [-0.1, -0.05) is 38.3 Å². The molecular weight excluding hydrogens is 252 g/mol. The minimum absolute atomic E-state index is 0.368. The SMILES string of the molecule is CCCCCCc1ccc(NC(=O)NC(=N)N)c(C)c1. The van der Waals surface area contributed by atoms with Crippen LogP contribution in [0.5, 0.6) is 0 Å². The van der Waals surface area contributed by atoms with Gasteiger partial charge in [-0.15, -0.1) is 0 Å². The van der Waals surface area contributed by atoms with Gasteiger partial charge in [0.25, 0.3) is 0 Å². The minimum atomic E-state index is -0.490. The van der Waals surface area contributed by atoms with E-state index in [1.807, 2.05) is 19.1 Å². The van der Waals surface area contributed by atoms with Gasteiger partial charge in [-0.2, -0.15) is 0 Å². The third-order valence-corrected chi connectivity index (χ3v) is 3.11. The van der Waals surface area contributed by atoms with E-state index in [0.29, 0.717) is 0 Å². The van der Waals surface area contributed by atoms with E-state index < -0.39 is 6.03 Å². The zero-order valence-corrected chi connectivity index (χ0v) is 12.3. The van der Waals surface area contributed by atoms with Crippen molar-refractivity contribution in [3.05, 3.63) is 29.3 Å². The number of hydrogen-bond acceptors (Lipinski definition) is 2. The van der Waals surface area contributed by atoms with E-state index in [9.17, 15) is 4.79 Å². The first-order chi connectivity index (χ1) is 9.52. The van der Waals surface area contributed by atoms with Gasteiger partial charge >= 0.3 is 6.03 Å². The van der Waals surface area contributed by atoms with Crippen molar-refractivity contribution in [2.75, 3.05) is 5.32 Å². The number of guanidine groups is 1. The lowest BCUT2D eigenvalue weighted by Crippen LogP contribution is -2.38. The monoisotopic (exact) mass is 276 g/mol. The number of benzene rings is 1. The van der Waals surface area contributed by atoms with Crippen LogP contribution in [0.1, 0.15) is 43.7 Å². The van der Waals surface area contributed by atoms with Crippen LogP contribution in [0.25, 0.3) is 0 Å². The maximum Gasteiger partial charge on any atom is 0.325 e. The number of nitrogens with two attached hydrogens (primary N) is 1. The highest BCUT2D eigenvalue weighted by molar-refractivity contribution is 6.01. The number of unbranched alkanes of at least 4 members (excludes halogenated alkanes) is 3. The first kappa shape index (κ1) is 16.0.